The summed E-state index contributed by atoms with van der Waals surface area (Å²) in [7, 11) is 6.25. The van der Waals surface area contributed by atoms with E-state index in [-0.39, 0.29) is 23.8 Å². The molecule has 3 aromatic rings. The van der Waals surface area contributed by atoms with Crippen molar-refractivity contribution in [3.8, 4) is 45.6 Å². The number of carbonyl (C=O) groups is 1. The largest absolute Gasteiger partial charge is 0.508 e. The fraction of sp³-hybridized carbons (Fsp3) is 0.441. The molecule has 0 unspecified atom stereocenters. The maximum absolute atomic E-state index is 12.7. The molecule has 0 amide bonds. The maximum Gasteiger partial charge on any atom is 0.340 e. The van der Waals surface area contributed by atoms with Gasteiger partial charge in [0.25, 0.3) is 0 Å². The normalized spacial score (nSPS) is 32.1. The first-order chi connectivity index (χ1) is 23.9. The molecule has 0 saturated carbocycles. The van der Waals surface area contributed by atoms with Crippen molar-refractivity contribution in [1.29, 1.82) is 0 Å². The molecule has 2 bridgehead atoms. The Kier molecular flexibility index (Phi) is 8.47. The molecule has 4 heterocycles. The van der Waals surface area contributed by atoms with Crippen LogP contribution in [0.1, 0.15) is 28.7 Å². The predicted molar refractivity (Wildman–Crippen MR) is 172 cm³/mol. The monoisotopic (exact) mass is 697 g/mol. The third-order valence-electron chi connectivity index (χ3n) is 10.0. The van der Waals surface area contributed by atoms with Crippen LogP contribution in [0.2, 0.25) is 0 Å². The van der Waals surface area contributed by atoms with Crippen molar-refractivity contribution >= 4 is 5.97 Å². The van der Waals surface area contributed by atoms with Crippen LogP contribution < -0.4 is 39.6 Å². The highest BCUT2D eigenvalue weighted by atomic mass is 16.7. The van der Waals surface area contributed by atoms with Gasteiger partial charge in [0.15, 0.2) is 23.3 Å². The third-order valence-corrected chi connectivity index (χ3v) is 10.0. The summed E-state index contributed by atoms with van der Waals surface area (Å²) in [4.78, 5) is 12.7. The van der Waals surface area contributed by atoms with Gasteiger partial charge in [0, 0.05) is 30.3 Å². The number of nitrogens with one attached hydrogen (secondary N) is 3. The van der Waals surface area contributed by atoms with Gasteiger partial charge in [-0.1, -0.05) is 12.1 Å². The van der Waals surface area contributed by atoms with Gasteiger partial charge in [-0.3, -0.25) is 5.32 Å². The van der Waals surface area contributed by atoms with E-state index in [4.69, 9.17) is 28.4 Å². The summed E-state index contributed by atoms with van der Waals surface area (Å²) in [6.07, 6.45) is -8.17. The van der Waals surface area contributed by atoms with Crippen LogP contribution >= 0.6 is 0 Å². The van der Waals surface area contributed by atoms with Crippen LogP contribution in [0.3, 0.4) is 0 Å². The van der Waals surface area contributed by atoms with E-state index in [0.717, 1.165) is 5.56 Å². The number of ether oxygens (including phenoxy) is 6. The zero-order chi connectivity index (χ0) is 35.7. The Morgan fingerprint density at radius 1 is 1.06 bits per heavy atom. The number of hydrogen-bond acceptors (Lipinski definition) is 15. The van der Waals surface area contributed by atoms with Gasteiger partial charge in [-0.2, -0.15) is 0 Å². The lowest BCUT2D eigenvalue weighted by molar-refractivity contribution is -0.362. The molecule has 0 radical (unpaired) electrons. The van der Waals surface area contributed by atoms with Gasteiger partial charge >= 0.3 is 5.97 Å². The Morgan fingerprint density at radius 2 is 1.84 bits per heavy atom. The van der Waals surface area contributed by atoms with Crippen molar-refractivity contribution in [3.05, 3.63) is 59.2 Å². The van der Waals surface area contributed by atoms with E-state index in [1.54, 1.807) is 25.2 Å². The van der Waals surface area contributed by atoms with Crippen molar-refractivity contribution in [1.82, 2.24) is 16.0 Å². The number of phenolic OH excluding ortho intramolecular Hbond substituents is 1. The van der Waals surface area contributed by atoms with Gasteiger partial charge in [0.2, 0.25) is 23.9 Å². The summed E-state index contributed by atoms with van der Waals surface area (Å²) in [5.74, 6) is -1.14. The number of fused-ring (bicyclic) bond motifs is 7. The van der Waals surface area contributed by atoms with Crippen LogP contribution in [0.4, 0.5) is 0 Å². The van der Waals surface area contributed by atoms with Crippen molar-refractivity contribution in [2.24, 2.45) is 0 Å². The molecule has 7 rings (SSSR count). The van der Waals surface area contributed by atoms with Gasteiger partial charge in [0.05, 0.1) is 26.2 Å². The Morgan fingerprint density at radius 3 is 2.50 bits per heavy atom. The van der Waals surface area contributed by atoms with Crippen molar-refractivity contribution in [2.45, 2.75) is 60.7 Å². The number of aliphatic hydroxyl groups is 4. The van der Waals surface area contributed by atoms with E-state index in [1.165, 1.54) is 39.5 Å². The van der Waals surface area contributed by atoms with E-state index in [0.29, 0.717) is 46.0 Å². The first-order valence-corrected chi connectivity index (χ1v) is 15.9. The summed E-state index contributed by atoms with van der Waals surface area (Å²) in [6.45, 7) is 0.247. The highest BCUT2D eigenvalue weighted by molar-refractivity contribution is 5.81. The summed E-state index contributed by atoms with van der Waals surface area (Å²) < 4.78 is 36.0. The number of aliphatic carboxylic acids is 1. The summed E-state index contributed by atoms with van der Waals surface area (Å²) in [5, 5.41) is 74.5. The number of piperidine rings is 1. The molecule has 0 aliphatic carbocycles. The minimum absolute atomic E-state index is 0.0259. The van der Waals surface area contributed by atoms with Crippen LogP contribution in [0.25, 0.3) is 11.1 Å². The maximum atomic E-state index is 12.7. The fourth-order valence-corrected chi connectivity index (χ4v) is 7.67. The molecule has 4 aliphatic heterocycles. The Hall–Kier alpha value is -4.39. The molecular weight excluding hydrogens is 658 g/mol. The molecule has 9 N–H and O–H groups in total. The molecule has 3 aromatic carbocycles. The van der Waals surface area contributed by atoms with Crippen LogP contribution in [0.5, 0.6) is 34.5 Å². The van der Waals surface area contributed by atoms with Gasteiger partial charge < -0.3 is 69.7 Å². The smallest absolute Gasteiger partial charge is 0.340 e. The first-order valence-electron chi connectivity index (χ1n) is 15.9. The number of carboxylic acids is 1. The summed E-state index contributed by atoms with van der Waals surface area (Å²) in [6, 6.07) is 10.1. The van der Waals surface area contributed by atoms with Crippen molar-refractivity contribution < 1.29 is 63.9 Å². The third kappa shape index (κ3) is 4.86. The average Bonchev–Trinajstić information content (AvgIpc) is 3.50. The SMILES string of the molecule is CNCc1cc(OC)c(OC)c2c1[C@H]1[C@@H](O)Oc3cc(O[C@H]4O[C@@]5(C(=O)O)[C@@H](NC)CN[C@](O)([C@H]4O)[C@@H]5O)cc(-c4cccc(O)c4)c3[C@@H]1O2. The van der Waals surface area contributed by atoms with E-state index in [2.05, 4.69) is 16.0 Å². The lowest BCUT2D eigenvalue weighted by atomic mass is 9.74. The molecule has 50 heavy (non-hydrogen) atoms. The number of carboxylic acid groups (broad SMARTS) is 1. The number of benzene rings is 3. The van der Waals surface area contributed by atoms with E-state index < -0.39 is 60.1 Å². The second kappa shape index (κ2) is 12.4. The molecule has 0 spiro atoms. The molecule has 16 nitrogen and oxygen atoms in total. The molecule has 16 heteroatoms. The zero-order valence-corrected chi connectivity index (χ0v) is 27.5. The minimum Gasteiger partial charge on any atom is -0.508 e. The quantitative estimate of drug-likeness (QED) is 0.142. The van der Waals surface area contributed by atoms with Gasteiger partial charge in [-0.15, -0.1) is 0 Å². The van der Waals surface area contributed by atoms with Crippen molar-refractivity contribution in [2.75, 3.05) is 34.9 Å². The standard InChI is InChI=1S/C34H39N3O13/c1-35-12-15-9-20(45-3)25(46-4)27-22(15)24-26(49-27)23-18(14-6-5-7-16(38)8-14)10-17(11-19(23)48-29(24)40)47-30-28(39)34(44)31(41)33(50-30,32(42)43)21(36-2)13-37-34/h5-11,21,24,26,28-31,35-41,44H,12-13H2,1-4H3,(H,42,43)/t21-,24+,26-,28-,29-,30-,31+,33-,34-/m0/s1. The number of hydrogen-bond donors (Lipinski definition) is 9. The molecule has 4 aliphatic rings. The van der Waals surface area contributed by atoms with E-state index >= 15 is 0 Å². The molecule has 0 aromatic heterocycles. The molecule has 9 atom stereocenters. The minimum atomic E-state index is -2.52. The second-order valence-electron chi connectivity index (χ2n) is 12.6. The molecule has 2 fully saturated rings. The lowest BCUT2D eigenvalue weighted by Gasteiger charge is -2.58. The summed E-state index contributed by atoms with van der Waals surface area (Å²) >= 11 is 0. The lowest BCUT2D eigenvalue weighted by Crippen LogP contribution is -2.87. The second-order valence-corrected chi connectivity index (χ2v) is 12.6. The van der Waals surface area contributed by atoms with Gasteiger partial charge in [-0.25, -0.2) is 4.79 Å². The Balaban J connectivity index is 1.36. The van der Waals surface area contributed by atoms with Gasteiger partial charge in [0.1, 0.15) is 29.5 Å². The molecule has 268 valence electrons. The highest BCUT2D eigenvalue weighted by Crippen LogP contribution is 2.61. The Labute approximate surface area is 286 Å². The van der Waals surface area contributed by atoms with Crippen molar-refractivity contribution in [3.63, 3.8) is 0 Å². The number of methoxy groups -OCH3 is 2. The first kappa shape index (κ1) is 34.1. The number of rotatable bonds is 9. The highest BCUT2D eigenvalue weighted by Gasteiger charge is 2.71. The topological polar surface area (TPSA) is 230 Å². The van der Waals surface area contributed by atoms with E-state index in [9.17, 15) is 35.4 Å². The van der Waals surface area contributed by atoms with Crippen LogP contribution in [0, 0.1) is 0 Å². The average molecular weight is 698 g/mol. The van der Waals surface area contributed by atoms with Crippen LogP contribution in [-0.2, 0) is 16.1 Å². The van der Waals surface area contributed by atoms with Crippen LogP contribution in [-0.4, -0.2) is 114 Å². The zero-order valence-electron chi connectivity index (χ0n) is 27.5. The number of phenols is 1. The number of aromatic hydroxyl groups is 1. The predicted octanol–water partition coefficient (Wildman–Crippen LogP) is -0.116. The van der Waals surface area contributed by atoms with E-state index in [1.807, 2.05) is 6.07 Å². The van der Waals surface area contributed by atoms with Crippen LogP contribution in [0.15, 0.2) is 42.5 Å². The molecular formula is C34H39N3O13. The summed E-state index contributed by atoms with van der Waals surface area (Å²) in [5.41, 5.74) is -2.08. The number of aliphatic hydroxyl groups excluding tert-OH is 3. The van der Waals surface area contributed by atoms with Gasteiger partial charge in [-0.05, 0) is 55.1 Å². The number of likely N-dealkylation sites (N-methyl/N-ethyl adjacent to an activating group) is 1. The fourth-order valence-electron chi connectivity index (χ4n) is 7.67. The molecule has 2 saturated heterocycles. The Bertz CT molecular complexity index is 1830.